The Labute approximate surface area is 133 Å². The molecule has 1 heterocycles. The van der Waals surface area contributed by atoms with Gasteiger partial charge in [-0.1, -0.05) is 24.3 Å². The van der Waals surface area contributed by atoms with Crippen molar-refractivity contribution in [2.75, 3.05) is 5.73 Å². The lowest BCUT2D eigenvalue weighted by Gasteiger charge is -2.17. The minimum Gasteiger partial charge on any atom is -0.384 e. The summed E-state index contributed by atoms with van der Waals surface area (Å²) in [5.74, 6) is 0.476. The molecule has 0 bridgehead atoms. The van der Waals surface area contributed by atoms with Crippen molar-refractivity contribution < 1.29 is 13.2 Å². The molecule has 23 heavy (non-hydrogen) atoms. The number of aromatic nitrogens is 1. The van der Waals surface area contributed by atoms with Crippen LogP contribution in [-0.4, -0.2) is 11.0 Å². The van der Waals surface area contributed by atoms with E-state index in [9.17, 15) is 13.2 Å². The summed E-state index contributed by atoms with van der Waals surface area (Å²) < 4.78 is 38.8. The largest absolute Gasteiger partial charge is 0.416 e. The second kappa shape index (κ2) is 7.46. The van der Waals surface area contributed by atoms with Gasteiger partial charge in [0.05, 0.1) is 5.56 Å². The van der Waals surface area contributed by atoms with Crippen LogP contribution in [-0.2, 0) is 19.1 Å². The van der Waals surface area contributed by atoms with Crippen molar-refractivity contribution in [2.45, 2.75) is 38.5 Å². The van der Waals surface area contributed by atoms with Crippen LogP contribution in [0.4, 0.5) is 19.0 Å². The second-order valence-corrected chi connectivity index (χ2v) is 5.57. The van der Waals surface area contributed by atoms with Crippen LogP contribution in [0.5, 0.6) is 0 Å². The molecule has 0 saturated carbocycles. The van der Waals surface area contributed by atoms with E-state index < -0.39 is 11.7 Å². The molecule has 3 N–H and O–H groups in total. The summed E-state index contributed by atoms with van der Waals surface area (Å²) in [4.78, 5) is 4.02. The van der Waals surface area contributed by atoms with Crippen LogP contribution < -0.4 is 11.1 Å². The Hall–Kier alpha value is -2.08. The van der Waals surface area contributed by atoms with Crippen molar-refractivity contribution in [1.29, 1.82) is 0 Å². The molecule has 0 fully saturated rings. The number of nitrogens with zero attached hydrogens (tertiary/aromatic N) is 1. The first kappa shape index (κ1) is 17.3. The number of nitrogens with one attached hydrogen (secondary N) is 1. The third kappa shape index (κ3) is 5.25. The Kier molecular flexibility index (Phi) is 5.60. The lowest BCUT2D eigenvalue weighted by atomic mass is 10.1. The number of nitrogens with two attached hydrogens (primary N) is 1. The SMILES string of the molecule is CC(CCc1ccc(N)nc1)NCc1ccccc1C(F)(F)F. The van der Waals surface area contributed by atoms with Crippen LogP contribution in [0.2, 0.25) is 0 Å². The maximum atomic E-state index is 12.9. The average molecular weight is 323 g/mol. The van der Waals surface area contributed by atoms with E-state index in [0.29, 0.717) is 5.82 Å². The third-order valence-electron chi connectivity index (χ3n) is 3.68. The first-order valence-corrected chi connectivity index (χ1v) is 7.45. The topological polar surface area (TPSA) is 50.9 Å². The molecule has 0 radical (unpaired) electrons. The highest BCUT2D eigenvalue weighted by Gasteiger charge is 2.32. The minimum atomic E-state index is -4.32. The summed E-state index contributed by atoms with van der Waals surface area (Å²) in [7, 11) is 0. The van der Waals surface area contributed by atoms with Gasteiger partial charge in [-0.25, -0.2) is 4.98 Å². The molecule has 3 nitrogen and oxygen atoms in total. The van der Waals surface area contributed by atoms with Gasteiger partial charge in [0.2, 0.25) is 0 Å². The first-order chi connectivity index (χ1) is 10.9. The summed E-state index contributed by atoms with van der Waals surface area (Å²) in [5, 5.41) is 3.15. The van der Waals surface area contributed by atoms with Crippen LogP contribution >= 0.6 is 0 Å². The van der Waals surface area contributed by atoms with Gasteiger partial charge >= 0.3 is 6.18 Å². The Balaban J connectivity index is 1.87. The van der Waals surface area contributed by atoms with Gasteiger partial charge in [0, 0.05) is 18.8 Å². The Morgan fingerprint density at radius 1 is 1.17 bits per heavy atom. The second-order valence-electron chi connectivity index (χ2n) is 5.57. The normalized spacial score (nSPS) is 13.0. The molecule has 0 amide bonds. The zero-order valence-electron chi connectivity index (χ0n) is 12.9. The van der Waals surface area contributed by atoms with E-state index in [1.54, 1.807) is 18.3 Å². The van der Waals surface area contributed by atoms with Crippen LogP contribution in [0.3, 0.4) is 0 Å². The van der Waals surface area contributed by atoms with E-state index >= 15 is 0 Å². The molecule has 2 rings (SSSR count). The van der Waals surface area contributed by atoms with Gasteiger partial charge in [-0.2, -0.15) is 13.2 Å². The predicted molar refractivity (Wildman–Crippen MR) is 84.7 cm³/mol. The Morgan fingerprint density at radius 2 is 1.91 bits per heavy atom. The summed E-state index contributed by atoms with van der Waals surface area (Å²) >= 11 is 0. The Bertz CT molecular complexity index is 624. The summed E-state index contributed by atoms with van der Waals surface area (Å²) in [5.41, 5.74) is 6.27. The lowest BCUT2D eigenvalue weighted by molar-refractivity contribution is -0.138. The molecular weight excluding hydrogens is 303 g/mol. The molecule has 1 unspecified atom stereocenters. The summed E-state index contributed by atoms with van der Waals surface area (Å²) in [6.07, 6.45) is -1.000. The fourth-order valence-corrected chi connectivity index (χ4v) is 2.30. The number of rotatable bonds is 6. The number of halogens is 3. The van der Waals surface area contributed by atoms with Gasteiger partial charge in [-0.15, -0.1) is 0 Å². The third-order valence-corrected chi connectivity index (χ3v) is 3.68. The molecule has 0 spiro atoms. The molecule has 1 atom stereocenters. The van der Waals surface area contributed by atoms with Gasteiger partial charge in [0.25, 0.3) is 0 Å². The molecule has 0 aliphatic carbocycles. The van der Waals surface area contributed by atoms with Crippen molar-refractivity contribution in [3.05, 3.63) is 59.3 Å². The highest BCUT2D eigenvalue weighted by molar-refractivity contribution is 5.30. The van der Waals surface area contributed by atoms with Crippen LogP contribution in [0, 0.1) is 0 Å². The maximum absolute atomic E-state index is 12.9. The van der Waals surface area contributed by atoms with Crippen molar-refractivity contribution in [1.82, 2.24) is 10.3 Å². The minimum absolute atomic E-state index is 0.0915. The van der Waals surface area contributed by atoms with Crippen molar-refractivity contribution in [3.63, 3.8) is 0 Å². The smallest absolute Gasteiger partial charge is 0.384 e. The van der Waals surface area contributed by atoms with E-state index in [-0.39, 0.29) is 18.2 Å². The van der Waals surface area contributed by atoms with Gasteiger partial charge in [-0.3, -0.25) is 0 Å². The molecule has 1 aromatic carbocycles. The fraction of sp³-hybridized carbons (Fsp3) is 0.353. The average Bonchev–Trinajstić information content (AvgIpc) is 2.52. The number of benzene rings is 1. The highest BCUT2D eigenvalue weighted by atomic mass is 19.4. The monoisotopic (exact) mass is 323 g/mol. The van der Waals surface area contributed by atoms with Crippen LogP contribution in [0.25, 0.3) is 0 Å². The maximum Gasteiger partial charge on any atom is 0.416 e. The van der Waals surface area contributed by atoms with Crippen LogP contribution in [0.15, 0.2) is 42.6 Å². The van der Waals surface area contributed by atoms with Crippen molar-refractivity contribution in [3.8, 4) is 0 Å². The summed E-state index contributed by atoms with van der Waals surface area (Å²) in [6.45, 7) is 2.15. The quantitative estimate of drug-likeness (QED) is 0.850. The summed E-state index contributed by atoms with van der Waals surface area (Å²) in [6, 6.07) is 9.39. The molecule has 1 aromatic heterocycles. The molecular formula is C17H20F3N3. The standard InChI is InChI=1S/C17H20F3N3/c1-12(6-7-13-8-9-16(21)23-10-13)22-11-14-4-2-3-5-15(14)17(18,19)20/h2-5,8-10,12,22H,6-7,11H2,1H3,(H2,21,23). The predicted octanol–water partition coefficient (Wildman–Crippen LogP) is 3.79. The van der Waals surface area contributed by atoms with Crippen molar-refractivity contribution >= 4 is 5.82 Å². The highest BCUT2D eigenvalue weighted by Crippen LogP contribution is 2.31. The number of pyridine rings is 1. The van der Waals surface area contributed by atoms with E-state index in [2.05, 4.69) is 10.3 Å². The molecule has 0 saturated heterocycles. The molecule has 2 aromatic rings. The molecule has 6 heteroatoms. The van der Waals surface area contributed by atoms with E-state index in [1.165, 1.54) is 12.1 Å². The van der Waals surface area contributed by atoms with E-state index in [4.69, 9.17) is 5.73 Å². The van der Waals surface area contributed by atoms with Gasteiger partial charge < -0.3 is 11.1 Å². The number of alkyl halides is 3. The zero-order valence-corrected chi connectivity index (χ0v) is 12.9. The fourth-order valence-electron chi connectivity index (χ4n) is 2.30. The lowest BCUT2D eigenvalue weighted by Crippen LogP contribution is -2.27. The zero-order chi connectivity index (χ0) is 16.9. The van der Waals surface area contributed by atoms with Gasteiger partial charge in [0.15, 0.2) is 0 Å². The van der Waals surface area contributed by atoms with Crippen LogP contribution in [0.1, 0.15) is 30.0 Å². The number of aryl methyl sites for hydroxylation is 1. The number of nitrogen functional groups attached to an aromatic ring is 1. The van der Waals surface area contributed by atoms with E-state index in [1.807, 2.05) is 13.0 Å². The molecule has 124 valence electrons. The molecule has 0 aliphatic rings. The van der Waals surface area contributed by atoms with Crippen molar-refractivity contribution in [2.24, 2.45) is 0 Å². The number of anilines is 1. The number of hydrogen-bond donors (Lipinski definition) is 2. The van der Waals surface area contributed by atoms with Gasteiger partial charge in [-0.05, 0) is 43.0 Å². The van der Waals surface area contributed by atoms with E-state index in [0.717, 1.165) is 24.5 Å². The number of hydrogen-bond acceptors (Lipinski definition) is 3. The van der Waals surface area contributed by atoms with Gasteiger partial charge in [0.1, 0.15) is 5.82 Å². The first-order valence-electron chi connectivity index (χ1n) is 7.45. The Morgan fingerprint density at radius 3 is 2.57 bits per heavy atom. The molecule has 0 aliphatic heterocycles.